The topological polar surface area (TPSA) is 63.9 Å². The highest BCUT2D eigenvalue weighted by molar-refractivity contribution is 7.99. The van der Waals surface area contributed by atoms with Gasteiger partial charge in [-0.25, -0.2) is 4.68 Å². The fourth-order valence-corrected chi connectivity index (χ4v) is 2.32. The largest absolute Gasteiger partial charge is 0.335 e. The van der Waals surface area contributed by atoms with E-state index >= 15 is 0 Å². The van der Waals surface area contributed by atoms with Gasteiger partial charge in [-0.15, -0.1) is 18.3 Å². The molecule has 0 unspecified atom stereocenters. The van der Waals surface area contributed by atoms with E-state index in [1.165, 1.54) is 11.8 Å². The lowest BCUT2D eigenvalue weighted by atomic mass is 10.4. The van der Waals surface area contributed by atoms with Crippen molar-refractivity contribution in [1.82, 2.24) is 25.1 Å². The molecular weight excluding hydrogens is 262 g/mol. The summed E-state index contributed by atoms with van der Waals surface area (Å²) >= 11 is 1.34. The Hall–Kier alpha value is -1.63. The van der Waals surface area contributed by atoms with E-state index in [0.29, 0.717) is 24.0 Å². The van der Waals surface area contributed by atoms with Gasteiger partial charge in [0.15, 0.2) is 0 Å². The van der Waals surface area contributed by atoms with Crippen molar-refractivity contribution in [3.8, 4) is 0 Å². The molecule has 0 radical (unpaired) electrons. The maximum Gasteiger partial charge on any atom is 0.233 e. The minimum atomic E-state index is 0.0168. The van der Waals surface area contributed by atoms with Crippen LogP contribution >= 0.6 is 11.8 Å². The fourth-order valence-electron chi connectivity index (χ4n) is 1.41. The summed E-state index contributed by atoms with van der Waals surface area (Å²) in [5.74, 6) is 0.317. The quantitative estimate of drug-likeness (QED) is 0.534. The van der Waals surface area contributed by atoms with Gasteiger partial charge < -0.3 is 4.90 Å². The molecule has 1 rings (SSSR count). The standard InChI is InChI=1S/C12H19N5OS/c1-5-7-16(8-6-2)11(18)9-19-12-13-14-15-17(12)10(3)4/h5-6,10H,1-2,7-9H2,3-4H3. The Labute approximate surface area is 117 Å². The van der Waals surface area contributed by atoms with Crippen LogP contribution in [0.4, 0.5) is 0 Å². The first-order chi connectivity index (χ1) is 9.10. The van der Waals surface area contributed by atoms with Gasteiger partial charge in [-0.3, -0.25) is 4.79 Å². The van der Waals surface area contributed by atoms with Crippen LogP contribution in [-0.2, 0) is 4.79 Å². The van der Waals surface area contributed by atoms with Gasteiger partial charge in [0.05, 0.1) is 11.8 Å². The molecule has 1 aromatic rings. The number of thioether (sulfide) groups is 1. The molecule has 1 aromatic heterocycles. The minimum Gasteiger partial charge on any atom is -0.335 e. The summed E-state index contributed by atoms with van der Waals surface area (Å²) < 4.78 is 1.70. The molecule has 0 spiro atoms. The molecule has 6 nitrogen and oxygen atoms in total. The van der Waals surface area contributed by atoms with Crippen molar-refractivity contribution in [2.75, 3.05) is 18.8 Å². The van der Waals surface area contributed by atoms with Gasteiger partial charge in [-0.2, -0.15) is 0 Å². The maximum atomic E-state index is 12.0. The van der Waals surface area contributed by atoms with E-state index in [9.17, 15) is 4.79 Å². The monoisotopic (exact) mass is 281 g/mol. The molecule has 0 N–H and O–H groups in total. The van der Waals surface area contributed by atoms with Crippen LogP contribution in [0.2, 0.25) is 0 Å². The number of tetrazole rings is 1. The Morgan fingerprint density at radius 3 is 2.58 bits per heavy atom. The minimum absolute atomic E-state index is 0.0168. The predicted molar refractivity (Wildman–Crippen MR) is 75.9 cm³/mol. The smallest absolute Gasteiger partial charge is 0.233 e. The van der Waals surface area contributed by atoms with Gasteiger partial charge in [0, 0.05) is 13.1 Å². The van der Waals surface area contributed by atoms with E-state index in [1.54, 1.807) is 21.7 Å². The molecule has 104 valence electrons. The van der Waals surface area contributed by atoms with Crippen LogP contribution in [-0.4, -0.2) is 49.9 Å². The zero-order chi connectivity index (χ0) is 14.3. The highest BCUT2D eigenvalue weighted by Crippen LogP contribution is 2.17. The summed E-state index contributed by atoms with van der Waals surface area (Å²) in [7, 11) is 0. The number of carbonyl (C=O) groups is 1. The number of aromatic nitrogens is 4. The van der Waals surface area contributed by atoms with Crippen LogP contribution in [0.5, 0.6) is 0 Å². The van der Waals surface area contributed by atoms with Crippen LogP contribution in [0.25, 0.3) is 0 Å². The molecule has 0 fully saturated rings. The molecule has 0 bridgehead atoms. The summed E-state index contributed by atoms with van der Waals surface area (Å²) in [6.45, 7) is 12.3. The molecule has 0 aliphatic heterocycles. The van der Waals surface area contributed by atoms with Crippen LogP contribution in [0.15, 0.2) is 30.5 Å². The van der Waals surface area contributed by atoms with Crippen LogP contribution in [0.3, 0.4) is 0 Å². The summed E-state index contributed by atoms with van der Waals surface area (Å²) in [4.78, 5) is 13.7. The Balaban J connectivity index is 2.59. The zero-order valence-electron chi connectivity index (χ0n) is 11.3. The first-order valence-electron chi connectivity index (χ1n) is 6.00. The zero-order valence-corrected chi connectivity index (χ0v) is 12.1. The average Bonchev–Trinajstić information content (AvgIpc) is 2.84. The number of hydrogen-bond donors (Lipinski definition) is 0. The average molecular weight is 281 g/mol. The molecule has 0 atom stereocenters. The molecular formula is C12H19N5OS. The van der Waals surface area contributed by atoms with Gasteiger partial charge in [-0.1, -0.05) is 23.9 Å². The second-order valence-electron chi connectivity index (χ2n) is 4.16. The number of rotatable bonds is 8. The first kappa shape index (κ1) is 15.4. The van der Waals surface area contributed by atoms with Crippen molar-refractivity contribution in [3.63, 3.8) is 0 Å². The van der Waals surface area contributed by atoms with Gasteiger partial charge >= 0.3 is 0 Å². The van der Waals surface area contributed by atoms with Crippen molar-refractivity contribution in [2.24, 2.45) is 0 Å². The summed E-state index contributed by atoms with van der Waals surface area (Å²) in [6, 6.07) is 0.171. The van der Waals surface area contributed by atoms with Crippen molar-refractivity contribution in [3.05, 3.63) is 25.3 Å². The summed E-state index contributed by atoms with van der Waals surface area (Å²) in [5, 5.41) is 12.1. The maximum absolute atomic E-state index is 12.0. The molecule has 0 aliphatic carbocycles. The van der Waals surface area contributed by atoms with Crippen molar-refractivity contribution < 1.29 is 4.79 Å². The third kappa shape index (κ3) is 4.51. The van der Waals surface area contributed by atoms with E-state index in [4.69, 9.17) is 0 Å². The molecule has 0 aromatic carbocycles. The van der Waals surface area contributed by atoms with E-state index in [0.717, 1.165) is 0 Å². The summed E-state index contributed by atoms with van der Waals surface area (Å²) in [6.07, 6.45) is 3.40. The predicted octanol–water partition coefficient (Wildman–Crippen LogP) is 1.55. The third-order valence-corrected chi connectivity index (χ3v) is 3.25. The van der Waals surface area contributed by atoms with Gasteiger partial charge in [-0.05, 0) is 24.3 Å². The Bertz CT molecular complexity index is 433. The van der Waals surface area contributed by atoms with Gasteiger partial charge in [0.1, 0.15) is 0 Å². The molecule has 1 amide bonds. The van der Waals surface area contributed by atoms with E-state index < -0.39 is 0 Å². The van der Waals surface area contributed by atoms with E-state index in [1.807, 2.05) is 13.8 Å². The Morgan fingerprint density at radius 2 is 2.05 bits per heavy atom. The molecule has 0 aliphatic rings. The number of carbonyl (C=O) groups excluding carboxylic acids is 1. The normalized spacial score (nSPS) is 10.5. The molecule has 19 heavy (non-hydrogen) atoms. The summed E-state index contributed by atoms with van der Waals surface area (Å²) in [5.41, 5.74) is 0. The number of nitrogens with zero attached hydrogens (tertiary/aromatic N) is 5. The molecule has 0 saturated heterocycles. The highest BCUT2D eigenvalue weighted by atomic mass is 32.2. The first-order valence-corrected chi connectivity index (χ1v) is 6.99. The third-order valence-electron chi connectivity index (χ3n) is 2.33. The molecule has 0 saturated carbocycles. The van der Waals surface area contributed by atoms with Gasteiger partial charge in [0.2, 0.25) is 11.1 Å². The van der Waals surface area contributed by atoms with Crippen LogP contribution in [0.1, 0.15) is 19.9 Å². The lowest BCUT2D eigenvalue weighted by Gasteiger charge is -2.18. The lowest BCUT2D eigenvalue weighted by molar-refractivity contribution is -0.127. The van der Waals surface area contributed by atoms with Crippen molar-refractivity contribution >= 4 is 17.7 Å². The molecule has 1 heterocycles. The highest BCUT2D eigenvalue weighted by Gasteiger charge is 2.15. The fraction of sp³-hybridized carbons (Fsp3) is 0.500. The van der Waals surface area contributed by atoms with Crippen LogP contribution in [0, 0.1) is 0 Å². The van der Waals surface area contributed by atoms with E-state index in [2.05, 4.69) is 28.7 Å². The van der Waals surface area contributed by atoms with Crippen molar-refractivity contribution in [2.45, 2.75) is 25.0 Å². The van der Waals surface area contributed by atoms with E-state index in [-0.39, 0.29) is 11.9 Å². The Morgan fingerprint density at radius 1 is 1.42 bits per heavy atom. The Kier molecular flexibility index (Phi) is 6.27. The number of amides is 1. The number of hydrogen-bond acceptors (Lipinski definition) is 5. The van der Waals surface area contributed by atoms with Crippen LogP contribution < -0.4 is 0 Å². The SMILES string of the molecule is C=CCN(CC=C)C(=O)CSc1nnnn1C(C)C. The van der Waals surface area contributed by atoms with Gasteiger partial charge in [0.25, 0.3) is 0 Å². The molecule has 7 heteroatoms. The second-order valence-corrected chi connectivity index (χ2v) is 5.11. The second kappa shape index (κ2) is 7.73. The lowest BCUT2D eigenvalue weighted by Crippen LogP contribution is -2.32. The van der Waals surface area contributed by atoms with Crippen molar-refractivity contribution in [1.29, 1.82) is 0 Å².